The van der Waals surface area contributed by atoms with Gasteiger partial charge >= 0.3 is 0 Å². The van der Waals surface area contributed by atoms with Crippen LogP contribution in [0.5, 0.6) is 0 Å². The molecule has 0 radical (unpaired) electrons. The lowest BCUT2D eigenvalue weighted by Gasteiger charge is -2.19. The summed E-state index contributed by atoms with van der Waals surface area (Å²) in [5.41, 5.74) is 7.37. The standard InChI is InChI=1S/C23H27N5.C20H19N7O2/c1-16(2)24-22-26-21(27-23(28-22)25-19-12-4-3-5-13-19)15-18-11-8-10-17-9-6-7-14-20(17)18;1-11(2)21-18-25-19(22-12-6-4-3-5-7-12)27-20(26-18)23-13-8-9-14-15(10-13)17(29)24-16(14)28/h3-5,8,10-13,16H,6-7,9,14-15H2,1-2H3,(H2,24,25,26,27,28);3-11H,1-2H3,(H,24,28,29)(H3,21,22,23,25,26,27). The Labute approximate surface area is 331 Å². The average molecular weight is 763 g/mol. The normalized spacial score (nSPS) is 12.9. The molecule has 1 aliphatic carbocycles. The molecule has 290 valence electrons. The van der Waals surface area contributed by atoms with Crippen molar-refractivity contribution in [3.05, 3.63) is 131 Å². The molecule has 4 aromatic carbocycles. The van der Waals surface area contributed by atoms with Gasteiger partial charge in [-0.25, -0.2) is 0 Å². The average Bonchev–Trinajstić information content (AvgIpc) is 3.47. The molecule has 3 heterocycles. The molecule has 2 aromatic heterocycles. The maximum absolute atomic E-state index is 11.9. The lowest BCUT2D eigenvalue weighted by atomic mass is 9.87. The zero-order valence-electron chi connectivity index (χ0n) is 32.4. The molecule has 14 nitrogen and oxygen atoms in total. The second-order valence-electron chi connectivity index (χ2n) is 14.4. The molecule has 0 saturated carbocycles. The van der Waals surface area contributed by atoms with Crippen molar-refractivity contribution in [3.8, 4) is 0 Å². The molecule has 8 rings (SSSR count). The van der Waals surface area contributed by atoms with E-state index in [9.17, 15) is 9.59 Å². The lowest BCUT2D eigenvalue weighted by Crippen LogP contribution is -2.19. The van der Waals surface area contributed by atoms with Crippen molar-refractivity contribution in [2.45, 2.75) is 71.9 Å². The summed E-state index contributed by atoms with van der Waals surface area (Å²) in [6.07, 6.45) is 5.62. The molecule has 2 amide bonds. The second-order valence-corrected chi connectivity index (χ2v) is 14.4. The highest BCUT2D eigenvalue weighted by Crippen LogP contribution is 2.27. The number of rotatable bonds is 12. The van der Waals surface area contributed by atoms with Crippen molar-refractivity contribution in [1.82, 2.24) is 35.2 Å². The van der Waals surface area contributed by atoms with E-state index in [0.29, 0.717) is 46.6 Å². The first-order valence-electron chi connectivity index (χ1n) is 19.2. The zero-order valence-corrected chi connectivity index (χ0v) is 32.4. The van der Waals surface area contributed by atoms with Crippen LogP contribution in [0.2, 0.25) is 0 Å². The number of hydrogen-bond acceptors (Lipinski definition) is 13. The van der Waals surface area contributed by atoms with Crippen LogP contribution in [0.15, 0.2) is 97.1 Å². The van der Waals surface area contributed by atoms with Crippen molar-refractivity contribution in [1.29, 1.82) is 0 Å². The predicted octanol–water partition coefficient (Wildman–Crippen LogP) is 7.97. The Kier molecular flexibility index (Phi) is 11.9. The molecule has 2 aliphatic rings. The van der Waals surface area contributed by atoms with Crippen LogP contribution in [0.4, 0.5) is 46.8 Å². The van der Waals surface area contributed by atoms with Crippen LogP contribution in [0.1, 0.15) is 83.8 Å². The summed E-state index contributed by atoms with van der Waals surface area (Å²) < 4.78 is 0. The topological polar surface area (TPSA) is 184 Å². The van der Waals surface area contributed by atoms with Crippen LogP contribution in [0, 0.1) is 0 Å². The van der Waals surface area contributed by atoms with E-state index in [0.717, 1.165) is 30.0 Å². The summed E-state index contributed by atoms with van der Waals surface area (Å²) >= 11 is 0. The minimum Gasteiger partial charge on any atom is -0.352 e. The van der Waals surface area contributed by atoms with Gasteiger partial charge in [-0.05, 0) is 113 Å². The van der Waals surface area contributed by atoms with Gasteiger partial charge in [0.05, 0.1) is 11.1 Å². The summed E-state index contributed by atoms with van der Waals surface area (Å²) in [6, 6.07) is 31.5. The molecule has 0 atom stereocenters. The van der Waals surface area contributed by atoms with Crippen LogP contribution in [-0.4, -0.2) is 53.8 Å². The number of carbonyl (C=O) groups is 2. The third-order valence-corrected chi connectivity index (χ3v) is 9.05. The third kappa shape index (κ3) is 10.2. The first-order valence-corrected chi connectivity index (χ1v) is 19.2. The highest BCUT2D eigenvalue weighted by Gasteiger charge is 2.27. The molecule has 14 heteroatoms. The molecule has 0 saturated heterocycles. The Morgan fingerprint density at radius 1 is 0.544 bits per heavy atom. The SMILES string of the molecule is CC(C)Nc1nc(Cc2cccc3c2CCCC3)nc(Nc2ccccc2)n1.CC(C)Nc1nc(Nc2ccccc2)nc(Nc2ccc3c(c2)C(=O)NC3=O)n1. The predicted molar refractivity (Wildman–Crippen MR) is 224 cm³/mol. The molecule has 6 aromatic rings. The van der Waals surface area contributed by atoms with Crippen LogP contribution < -0.4 is 31.9 Å². The van der Waals surface area contributed by atoms with Gasteiger partial charge in [-0.2, -0.15) is 29.9 Å². The Bertz CT molecular complexity index is 2350. The van der Waals surface area contributed by atoms with Gasteiger partial charge in [0, 0.05) is 35.6 Å². The molecule has 0 fully saturated rings. The summed E-state index contributed by atoms with van der Waals surface area (Å²) in [6.45, 7) is 8.14. The number of imide groups is 1. The maximum Gasteiger partial charge on any atom is 0.259 e. The van der Waals surface area contributed by atoms with Crippen LogP contribution >= 0.6 is 0 Å². The number of anilines is 8. The van der Waals surface area contributed by atoms with Crippen molar-refractivity contribution in [3.63, 3.8) is 0 Å². The van der Waals surface area contributed by atoms with E-state index >= 15 is 0 Å². The molecular weight excluding hydrogens is 717 g/mol. The maximum atomic E-state index is 11.9. The highest BCUT2D eigenvalue weighted by atomic mass is 16.2. The number of benzene rings is 4. The van der Waals surface area contributed by atoms with Crippen molar-refractivity contribution < 1.29 is 9.59 Å². The Hall–Kier alpha value is -6.96. The van der Waals surface area contributed by atoms with Gasteiger partial charge in [-0.1, -0.05) is 54.6 Å². The van der Waals surface area contributed by atoms with E-state index in [-0.39, 0.29) is 12.1 Å². The Morgan fingerprint density at radius 2 is 1.07 bits per heavy atom. The fourth-order valence-corrected chi connectivity index (χ4v) is 6.56. The Morgan fingerprint density at radius 3 is 1.70 bits per heavy atom. The minimum atomic E-state index is -0.419. The van der Waals surface area contributed by atoms with Crippen molar-refractivity contribution >= 4 is 58.6 Å². The lowest BCUT2D eigenvalue weighted by molar-refractivity contribution is 0.0879. The number of nitrogens with zero attached hydrogens (tertiary/aromatic N) is 6. The van der Waals surface area contributed by atoms with Gasteiger partial charge in [-0.15, -0.1) is 0 Å². The van der Waals surface area contributed by atoms with Gasteiger partial charge in [-0.3, -0.25) is 14.9 Å². The highest BCUT2D eigenvalue weighted by molar-refractivity contribution is 6.21. The van der Waals surface area contributed by atoms with E-state index in [1.807, 2.05) is 74.5 Å². The summed E-state index contributed by atoms with van der Waals surface area (Å²) in [7, 11) is 0. The first-order chi connectivity index (χ1) is 27.6. The largest absolute Gasteiger partial charge is 0.352 e. The smallest absolute Gasteiger partial charge is 0.259 e. The fraction of sp³-hybridized carbons (Fsp3) is 0.256. The number of aromatic nitrogens is 6. The van der Waals surface area contributed by atoms with E-state index in [4.69, 9.17) is 4.98 Å². The number of nitrogens with one attached hydrogen (secondary N) is 6. The summed E-state index contributed by atoms with van der Waals surface area (Å²) in [5.74, 6) is 2.23. The van der Waals surface area contributed by atoms with Gasteiger partial charge in [0.25, 0.3) is 11.8 Å². The van der Waals surface area contributed by atoms with E-state index in [1.54, 1.807) is 18.2 Å². The molecule has 0 spiro atoms. The molecule has 57 heavy (non-hydrogen) atoms. The van der Waals surface area contributed by atoms with Crippen LogP contribution in [0.25, 0.3) is 0 Å². The fourth-order valence-electron chi connectivity index (χ4n) is 6.56. The Balaban J connectivity index is 0.000000174. The monoisotopic (exact) mass is 762 g/mol. The van der Waals surface area contributed by atoms with Gasteiger partial charge < -0.3 is 26.6 Å². The van der Waals surface area contributed by atoms with Gasteiger partial charge in [0.15, 0.2) is 0 Å². The number of amides is 2. The van der Waals surface area contributed by atoms with Crippen molar-refractivity contribution in [2.24, 2.45) is 0 Å². The van der Waals surface area contributed by atoms with E-state index < -0.39 is 11.8 Å². The molecule has 0 bridgehead atoms. The zero-order chi connectivity index (χ0) is 39.7. The van der Waals surface area contributed by atoms with Crippen molar-refractivity contribution in [2.75, 3.05) is 26.6 Å². The third-order valence-electron chi connectivity index (χ3n) is 9.05. The van der Waals surface area contributed by atoms with Gasteiger partial charge in [0.1, 0.15) is 5.82 Å². The molecule has 1 aliphatic heterocycles. The van der Waals surface area contributed by atoms with Gasteiger partial charge in [0.2, 0.25) is 29.7 Å². The van der Waals surface area contributed by atoms with E-state index in [2.05, 4.69) is 88.9 Å². The van der Waals surface area contributed by atoms with Crippen LogP contribution in [-0.2, 0) is 19.3 Å². The molecule has 6 N–H and O–H groups in total. The van der Waals surface area contributed by atoms with E-state index in [1.165, 1.54) is 36.0 Å². The quantitative estimate of drug-likeness (QED) is 0.0661. The number of carbonyl (C=O) groups excluding carboxylic acids is 2. The number of hydrogen-bond donors (Lipinski definition) is 6. The number of para-hydroxylation sites is 2. The first kappa shape index (κ1) is 38.3. The summed E-state index contributed by atoms with van der Waals surface area (Å²) in [4.78, 5) is 50.7. The number of aryl methyl sites for hydroxylation is 1. The van der Waals surface area contributed by atoms with Crippen LogP contribution in [0.3, 0.4) is 0 Å². The molecule has 0 unspecified atom stereocenters. The minimum absolute atomic E-state index is 0.129. The molecular formula is C43H46N12O2. The number of fused-ring (bicyclic) bond motifs is 2. The summed E-state index contributed by atoms with van der Waals surface area (Å²) in [5, 5.41) is 18.3. The second kappa shape index (κ2) is 17.7.